The minimum absolute atomic E-state index is 0.113. The Labute approximate surface area is 105 Å². The Morgan fingerprint density at radius 2 is 2.05 bits per heavy atom. The van der Waals surface area contributed by atoms with Gasteiger partial charge in [0, 0.05) is 6.07 Å². The molecule has 0 radical (unpaired) electrons. The van der Waals surface area contributed by atoms with Crippen molar-refractivity contribution >= 4 is 17.3 Å². The average molecular weight is 277 g/mol. The van der Waals surface area contributed by atoms with E-state index in [1.165, 1.54) is 7.05 Å². The van der Waals surface area contributed by atoms with Gasteiger partial charge in [-0.2, -0.15) is 13.2 Å². The van der Waals surface area contributed by atoms with Crippen LogP contribution < -0.4 is 10.6 Å². The van der Waals surface area contributed by atoms with Crippen LogP contribution in [0.5, 0.6) is 0 Å². The second-order valence-corrected chi connectivity index (χ2v) is 3.57. The lowest BCUT2D eigenvalue weighted by Gasteiger charge is -2.09. The number of nitro groups is 1. The van der Waals surface area contributed by atoms with Crippen LogP contribution in [0.3, 0.4) is 0 Å². The quantitative estimate of drug-likeness (QED) is 0.649. The van der Waals surface area contributed by atoms with Gasteiger partial charge in [-0.1, -0.05) is 0 Å². The molecular formula is C10H10F3N3O3. The molecule has 1 rings (SSSR count). The number of amides is 1. The lowest BCUT2D eigenvalue weighted by Crippen LogP contribution is -2.25. The maximum absolute atomic E-state index is 12.4. The van der Waals surface area contributed by atoms with Crippen molar-refractivity contribution in [3.8, 4) is 0 Å². The van der Waals surface area contributed by atoms with Crippen LogP contribution in [-0.2, 0) is 11.0 Å². The molecule has 1 aromatic rings. The maximum Gasteiger partial charge on any atom is 0.416 e. The summed E-state index contributed by atoms with van der Waals surface area (Å²) in [5.41, 5.74) is -2.23. The molecule has 2 N–H and O–H groups in total. The summed E-state index contributed by atoms with van der Waals surface area (Å²) in [4.78, 5) is 21.0. The number of anilines is 1. The summed E-state index contributed by atoms with van der Waals surface area (Å²) < 4.78 is 37.3. The maximum atomic E-state index is 12.4. The van der Waals surface area contributed by atoms with E-state index in [1.807, 2.05) is 0 Å². The smallest absolute Gasteiger partial charge is 0.319 e. The molecular weight excluding hydrogens is 267 g/mol. The molecule has 0 aromatic heterocycles. The number of hydrogen-bond donors (Lipinski definition) is 2. The van der Waals surface area contributed by atoms with Crippen molar-refractivity contribution in [1.82, 2.24) is 5.32 Å². The van der Waals surface area contributed by atoms with E-state index in [0.29, 0.717) is 12.1 Å². The molecule has 0 heterocycles. The molecule has 0 unspecified atom stereocenters. The van der Waals surface area contributed by atoms with Crippen molar-refractivity contribution in [3.05, 3.63) is 33.9 Å². The zero-order chi connectivity index (χ0) is 14.6. The van der Waals surface area contributed by atoms with E-state index in [-0.39, 0.29) is 12.2 Å². The van der Waals surface area contributed by atoms with E-state index in [0.717, 1.165) is 6.07 Å². The number of likely N-dealkylation sites (N-methyl/N-ethyl adjacent to an activating group) is 1. The van der Waals surface area contributed by atoms with Gasteiger partial charge in [-0.15, -0.1) is 0 Å². The SMILES string of the molecule is CNCC(=O)Nc1ccc(C(F)(F)F)cc1[N+](=O)[O-]. The molecule has 9 heteroatoms. The van der Waals surface area contributed by atoms with Crippen molar-refractivity contribution in [3.63, 3.8) is 0 Å². The molecule has 0 atom stereocenters. The minimum atomic E-state index is -4.68. The van der Waals surface area contributed by atoms with Crippen molar-refractivity contribution in [1.29, 1.82) is 0 Å². The number of carbonyl (C=O) groups is 1. The van der Waals surface area contributed by atoms with Crippen LogP contribution in [0.2, 0.25) is 0 Å². The van der Waals surface area contributed by atoms with Gasteiger partial charge in [-0.25, -0.2) is 0 Å². The highest BCUT2D eigenvalue weighted by molar-refractivity contribution is 5.94. The van der Waals surface area contributed by atoms with Crippen LogP contribution in [-0.4, -0.2) is 24.4 Å². The van der Waals surface area contributed by atoms with Crippen molar-refractivity contribution < 1.29 is 22.9 Å². The summed E-state index contributed by atoms with van der Waals surface area (Å²) in [6.07, 6.45) is -4.68. The van der Waals surface area contributed by atoms with Gasteiger partial charge < -0.3 is 10.6 Å². The second-order valence-electron chi connectivity index (χ2n) is 3.57. The summed E-state index contributed by atoms with van der Waals surface area (Å²) in [6.45, 7) is -0.113. The number of halogens is 3. The number of nitrogens with zero attached hydrogens (tertiary/aromatic N) is 1. The van der Waals surface area contributed by atoms with Gasteiger partial charge in [0.05, 0.1) is 17.0 Å². The predicted octanol–water partition coefficient (Wildman–Crippen LogP) is 1.77. The van der Waals surface area contributed by atoms with Gasteiger partial charge >= 0.3 is 6.18 Å². The van der Waals surface area contributed by atoms with Gasteiger partial charge in [-0.05, 0) is 19.2 Å². The molecule has 0 fully saturated rings. The Balaban J connectivity index is 3.12. The topological polar surface area (TPSA) is 84.3 Å². The number of rotatable bonds is 4. The Morgan fingerprint density at radius 1 is 1.42 bits per heavy atom. The number of alkyl halides is 3. The van der Waals surface area contributed by atoms with Crippen LogP contribution >= 0.6 is 0 Å². The minimum Gasteiger partial charge on any atom is -0.319 e. The fraction of sp³-hybridized carbons (Fsp3) is 0.300. The highest BCUT2D eigenvalue weighted by atomic mass is 19.4. The van der Waals surface area contributed by atoms with E-state index in [4.69, 9.17) is 0 Å². The number of carbonyl (C=O) groups excluding carboxylic acids is 1. The van der Waals surface area contributed by atoms with Crippen molar-refractivity contribution in [2.45, 2.75) is 6.18 Å². The predicted molar refractivity (Wildman–Crippen MR) is 60.7 cm³/mol. The fourth-order valence-corrected chi connectivity index (χ4v) is 1.32. The standard InChI is InChI=1S/C10H10F3N3O3/c1-14-5-9(17)15-7-3-2-6(10(11,12)13)4-8(7)16(18)19/h2-4,14H,5H2,1H3,(H,15,17). The second kappa shape index (κ2) is 5.65. The third-order valence-corrected chi connectivity index (χ3v) is 2.13. The van der Waals surface area contributed by atoms with Crippen LogP contribution in [0.1, 0.15) is 5.56 Å². The van der Waals surface area contributed by atoms with Gasteiger partial charge in [0.1, 0.15) is 5.69 Å². The molecule has 0 aliphatic heterocycles. The van der Waals surface area contributed by atoms with Gasteiger partial charge in [-0.3, -0.25) is 14.9 Å². The Bertz CT molecular complexity index is 503. The number of hydrogen-bond acceptors (Lipinski definition) is 4. The zero-order valence-corrected chi connectivity index (χ0v) is 9.75. The molecule has 104 valence electrons. The first-order valence-corrected chi connectivity index (χ1v) is 5.05. The van der Waals surface area contributed by atoms with Crippen LogP contribution in [0.15, 0.2) is 18.2 Å². The van der Waals surface area contributed by atoms with Crippen molar-refractivity contribution in [2.75, 3.05) is 18.9 Å². The van der Waals surface area contributed by atoms with E-state index in [2.05, 4.69) is 10.6 Å². The molecule has 0 saturated heterocycles. The van der Waals surface area contributed by atoms with Gasteiger partial charge in [0.25, 0.3) is 5.69 Å². The average Bonchev–Trinajstić information content (AvgIpc) is 2.27. The lowest BCUT2D eigenvalue weighted by molar-refractivity contribution is -0.384. The third kappa shape index (κ3) is 3.91. The van der Waals surface area contributed by atoms with Crippen LogP contribution in [0.25, 0.3) is 0 Å². The first-order chi connectivity index (χ1) is 8.75. The fourth-order valence-electron chi connectivity index (χ4n) is 1.32. The molecule has 1 aromatic carbocycles. The summed E-state index contributed by atoms with van der Waals surface area (Å²) in [5.74, 6) is -0.592. The van der Waals surface area contributed by atoms with E-state index in [9.17, 15) is 28.1 Å². The molecule has 6 nitrogen and oxygen atoms in total. The first-order valence-electron chi connectivity index (χ1n) is 5.05. The molecule has 1 amide bonds. The van der Waals surface area contributed by atoms with E-state index in [1.54, 1.807) is 0 Å². The largest absolute Gasteiger partial charge is 0.416 e. The highest BCUT2D eigenvalue weighted by Gasteiger charge is 2.33. The summed E-state index contributed by atoms with van der Waals surface area (Å²) in [5, 5.41) is 15.4. The normalized spacial score (nSPS) is 11.2. The molecule has 0 aliphatic carbocycles. The van der Waals surface area contributed by atoms with E-state index >= 15 is 0 Å². The van der Waals surface area contributed by atoms with Crippen molar-refractivity contribution in [2.24, 2.45) is 0 Å². The highest BCUT2D eigenvalue weighted by Crippen LogP contribution is 2.34. The zero-order valence-electron chi connectivity index (χ0n) is 9.75. The lowest BCUT2D eigenvalue weighted by atomic mass is 10.1. The van der Waals surface area contributed by atoms with Crippen LogP contribution in [0, 0.1) is 10.1 Å². The van der Waals surface area contributed by atoms with E-state index < -0.39 is 28.3 Å². The van der Waals surface area contributed by atoms with Crippen LogP contribution in [0.4, 0.5) is 24.5 Å². The summed E-state index contributed by atoms with van der Waals surface area (Å²) in [7, 11) is 1.49. The van der Waals surface area contributed by atoms with Gasteiger partial charge in [0.15, 0.2) is 0 Å². The third-order valence-electron chi connectivity index (χ3n) is 2.13. The summed E-state index contributed by atoms with van der Waals surface area (Å²) >= 11 is 0. The number of benzene rings is 1. The summed E-state index contributed by atoms with van der Waals surface area (Å²) in [6, 6.07) is 1.91. The number of nitro benzene ring substituents is 1. The molecule has 19 heavy (non-hydrogen) atoms. The molecule has 0 saturated carbocycles. The number of nitrogens with one attached hydrogen (secondary N) is 2. The molecule has 0 spiro atoms. The Hall–Kier alpha value is -2.16. The van der Waals surface area contributed by atoms with Gasteiger partial charge in [0.2, 0.25) is 5.91 Å². The molecule has 0 aliphatic rings. The monoisotopic (exact) mass is 277 g/mol. The Morgan fingerprint density at radius 3 is 2.53 bits per heavy atom. The molecule has 0 bridgehead atoms. The Kier molecular flexibility index (Phi) is 4.43. The first kappa shape index (κ1) is 14.9.